The Morgan fingerprint density at radius 2 is 2.05 bits per heavy atom. The summed E-state index contributed by atoms with van der Waals surface area (Å²) in [6.45, 7) is 5.07. The number of hydrogen-bond acceptors (Lipinski definition) is 3. The van der Waals surface area contributed by atoms with E-state index < -0.39 is 0 Å². The molecule has 2 unspecified atom stereocenters. The molecule has 108 valence electrons. The summed E-state index contributed by atoms with van der Waals surface area (Å²) >= 11 is 7.52. The van der Waals surface area contributed by atoms with Crippen LogP contribution in [0.3, 0.4) is 0 Å². The molecule has 19 heavy (non-hydrogen) atoms. The lowest BCUT2D eigenvalue weighted by Gasteiger charge is -2.15. The lowest BCUT2D eigenvalue weighted by molar-refractivity contribution is -0.120. The number of benzene rings is 1. The molecule has 0 aliphatic carbocycles. The molecule has 0 saturated heterocycles. The van der Waals surface area contributed by atoms with Gasteiger partial charge in [-0.25, -0.2) is 0 Å². The summed E-state index contributed by atoms with van der Waals surface area (Å²) < 4.78 is 0. The number of hydrogen-bond donors (Lipinski definition) is 2. The van der Waals surface area contributed by atoms with Crippen molar-refractivity contribution in [2.24, 2.45) is 11.7 Å². The quantitative estimate of drug-likeness (QED) is 0.792. The molecule has 0 aliphatic heterocycles. The van der Waals surface area contributed by atoms with E-state index in [4.69, 9.17) is 17.3 Å². The van der Waals surface area contributed by atoms with Crippen molar-refractivity contribution in [3.05, 3.63) is 29.3 Å². The normalized spacial score (nSPS) is 13.3. The zero-order chi connectivity index (χ0) is 13.5. The van der Waals surface area contributed by atoms with Gasteiger partial charge in [0, 0.05) is 11.4 Å². The van der Waals surface area contributed by atoms with Crippen LogP contribution in [0.2, 0.25) is 5.02 Å². The molecule has 0 spiro atoms. The third-order valence-electron chi connectivity index (χ3n) is 2.54. The van der Waals surface area contributed by atoms with Crippen LogP contribution in [-0.4, -0.2) is 24.2 Å². The molecule has 0 bridgehead atoms. The molecule has 1 rings (SSSR count). The molecule has 0 saturated carbocycles. The van der Waals surface area contributed by atoms with Crippen molar-refractivity contribution >= 4 is 41.7 Å². The van der Waals surface area contributed by atoms with Crippen LogP contribution in [-0.2, 0) is 4.79 Å². The summed E-state index contributed by atoms with van der Waals surface area (Å²) in [6, 6.07) is 7.53. The largest absolute Gasteiger partial charge is 0.355 e. The number of rotatable bonds is 6. The lowest BCUT2D eigenvalue weighted by atomic mass is 10.2. The van der Waals surface area contributed by atoms with E-state index in [0.29, 0.717) is 24.0 Å². The Morgan fingerprint density at radius 3 is 2.63 bits per heavy atom. The van der Waals surface area contributed by atoms with Crippen molar-refractivity contribution in [3.8, 4) is 0 Å². The smallest absolute Gasteiger partial charge is 0.233 e. The summed E-state index contributed by atoms with van der Waals surface area (Å²) in [6.07, 6.45) is 0. The minimum Gasteiger partial charge on any atom is -0.355 e. The Kier molecular flexibility index (Phi) is 9.27. The van der Waals surface area contributed by atoms with Crippen molar-refractivity contribution in [1.82, 2.24) is 5.32 Å². The van der Waals surface area contributed by atoms with E-state index in [-0.39, 0.29) is 23.6 Å². The molecule has 1 aromatic rings. The SMILES string of the molecule is CC(CN)CNC(=O)C(C)Sc1ccccc1Cl.Cl. The standard InChI is InChI=1S/C13H19ClN2OS.ClH/c1-9(7-15)8-16-13(17)10(2)18-12-6-4-3-5-11(12)14;/h3-6,9-10H,7-8,15H2,1-2H3,(H,16,17);1H. The number of carbonyl (C=O) groups is 1. The molecule has 3 nitrogen and oxygen atoms in total. The Morgan fingerprint density at radius 1 is 1.42 bits per heavy atom. The van der Waals surface area contributed by atoms with Gasteiger partial charge in [-0.05, 0) is 31.5 Å². The Hall–Kier alpha value is -0.420. The van der Waals surface area contributed by atoms with Gasteiger partial charge in [0.2, 0.25) is 5.91 Å². The average molecular weight is 323 g/mol. The van der Waals surface area contributed by atoms with E-state index >= 15 is 0 Å². The first-order chi connectivity index (χ1) is 8.54. The van der Waals surface area contributed by atoms with Gasteiger partial charge in [0.15, 0.2) is 0 Å². The topological polar surface area (TPSA) is 55.1 Å². The predicted octanol–water partition coefficient (Wildman–Crippen LogP) is 2.95. The second-order valence-corrected chi connectivity index (χ2v) is 6.07. The second-order valence-electron chi connectivity index (χ2n) is 4.28. The molecule has 1 amide bonds. The first-order valence-electron chi connectivity index (χ1n) is 5.93. The van der Waals surface area contributed by atoms with Crippen molar-refractivity contribution in [3.63, 3.8) is 0 Å². The Bertz CT molecular complexity index is 404. The highest BCUT2D eigenvalue weighted by atomic mass is 35.5. The minimum absolute atomic E-state index is 0. The van der Waals surface area contributed by atoms with Gasteiger partial charge in [-0.3, -0.25) is 4.79 Å². The Labute approximate surface area is 130 Å². The van der Waals surface area contributed by atoms with Crippen LogP contribution < -0.4 is 11.1 Å². The molecule has 3 N–H and O–H groups in total. The van der Waals surface area contributed by atoms with Crippen LogP contribution in [0, 0.1) is 5.92 Å². The zero-order valence-corrected chi connectivity index (χ0v) is 13.4. The third-order valence-corrected chi connectivity index (χ3v) is 4.16. The van der Waals surface area contributed by atoms with Crippen molar-refractivity contribution in [2.45, 2.75) is 24.0 Å². The van der Waals surface area contributed by atoms with Gasteiger partial charge in [-0.15, -0.1) is 24.2 Å². The lowest BCUT2D eigenvalue weighted by Crippen LogP contribution is -2.35. The van der Waals surface area contributed by atoms with E-state index in [2.05, 4.69) is 5.32 Å². The molecule has 0 radical (unpaired) electrons. The van der Waals surface area contributed by atoms with Gasteiger partial charge in [-0.2, -0.15) is 0 Å². The fraction of sp³-hybridized carbons (Fsp3) is 0.462. The molecular weight excluding hydrogens is 303 g/mol. The maximum Gasteiger partial charge on any atom is 0.233 e. The van der Waals surface area contributed by atoms with Crippen LogP contribution in [0.4, 0.5) is 0 Å². The number of thioether (sulfide) groups is 1. The highest BCUT2D eigenvalue weighted by Crippen LogP contribution is 2.29. The van der Waals surface area contributed by atoms with E-state index in [1.165, 1.54) is 11.8 Å². The van der Waals surface area contributed by atoms with E-state index in [1.807, 2.05) is 38.1 Å². The maximum atomic E-state index is 11.9. The molecule has 2 atom stereocenters. The number of nitrogens with one attached hydrogen (secondary N) is 1. The number of nitrogens with two attached hydrogens (primary N) is 1. The molecule has 1 aromatic carbocycles. The van der Waals surface area contributed by atoms with Crippen LogP contribution in [0.5, 0.6) is 0 Å². The highest BCUT2D eigenvalue weighted by Gasteiger charge is 2.15. The van der Waals surface area contributed by atoms with Crippen LogP contribution in [0.25, 0.3) is 0 Å². The maximum absolute atomic E-state index is 11.9. The molecule has 0 aromatic heterocycles. The third kappa shape index (κ3) is 6.52. The van der Waals surface area contributed by atoms with Gasteiger partial charge in [0.25, 0.3) is 0 Å². The summed E-state index contributed by atoms with van der Waals surface area (Å²) in [5.41, 5.74) is 5.50. The average Bonchev–Trinajstić information content (AvgIpc) is 2.38. The van der Waals surface area contributed by atoms with Gasteiger partial charge < -0.3 is 11.1 Å². The van der Waals surface area contributed by atoms with E-state index in [1.54, 1.807) is 0 Å². The first-order valence-corrected chi connectivity index (χ1v) is 7.19. The van der Waals surface area contributed by atoms with E-state index in [9.17, 15) is 4.79 Å². The predicted molar refractivity (Wildman–Crippen MR) is 85.2 cm³/mol. The zero-order valence-electron chi connectivity index (χ0n) is 11.1. The van der Waals surface area contributed by atoms with Gasteiger partial charge in [-0.1, -0.05) is 30.7 Å². The minimum atomic E-state index is -0.171. The van der Waals surface area contributed by atoms with Crippen LogP contribution in [0.1, 0.15) is 13.8 Å². The van der Waals surface area contributed by atoms with Gasteiger partial charge in [0.1, 0.15) is 0 Å². The van der Waals surface area contributed by atoms with Gasteiger partial charge in [0.05, 0.1) is 10.3 Å². The van der Waals surface area contributed by atoms with Crippen molar-refractivity contribution < 1.29 is 4.79 Å². The van der Waals surface area contributed by atoms with Gasteiger partial charge >= 0.3 is 0 Å². The number of carbonyl (C=O) groups excluding carboxylic acids is 1. The second kappa shape index (κ2) is 9.48. The van der Waals surface area contributed by atoms with E-state index in [0.717, 1.165) is 4.90 Å². The van der Waals surface area contributed by atoms with Crippen molar-refractivity contribution in [1.29, 1.82) is 0 Å². The first kappa shape index (κ1) is 18.6. The molecule has 0 fully saturated rings. The monoisotopic (exact) mass is 322 g/mol. The Balaban J connectivity index is 0.00000324. The molecule has 0 aliphatic rings. The number of amides is 1. The number of halogens is 2. The fourth-order valence-electron chi connectivity index (χ4n) is 1.29. The fourth-order valence-corrected chi connectivity index (χ4v) is 2.46. The molecular formula is C13H20Cl2N2OS. The van der Waals surface area contributed by atoms with Crippen molar-refractivity contribution in [2.75, 3.05) is 13.1 Å². The summed E-state index contributed by atoms with van der Waals surface area (Å²) in [5, 5.41) is 3.40. The van der Waals surface area contributed by atoms with Crippen LogP contribution >= 0.6 is 35.8 Å². The van der Waals surface area contributed by atoms with Crippen LogP contribution in [0.15, 0.2) is 29.2 Å². The molecule has 6 heteroatoms. The summed E-state index contributed by atoms with van der Waals surface area (Å²) in [4.78, 5) is 12.8. The molecule has 0 heterocycles. The summed E-state index contributed by atoms with van der Waals surface area (Å²) in [7, 11) is 0. The highest BCUT2D eigenvalue weighted by molar-refractivity contribution is 8.00. The summed E-state index contributed by atoms with van der Waals surface area (Å²) in [5.74, 6) is 0.312.